The minimum absolute atomic E-state index is 0.237. The fraction of sp³-hybridized carbons (Fsp3) is 0.333. The molecule has 0 aliphatic carbocycles. The van der Waals surface area contributed by atoms with Crippen molar-refractivity contribution in [2.45, 2.75) is 26.2 Å². The van der Waals surface area contributed by atoms with Gasteiger partial charge in [0.25, 0.3) is 5.91 Å². The van der Waals surface area contributed by atoms with E-state index in [0.29, 0.717) is 22.4 Å². The van der Waals surface area contributed by atoms with Crippen molar-refractivity contribution in [2.24, 2.45) is 5.73 Å². The molecule has 0 aliphatic heterocycles. The highest BCUT2D eigenvalue weighted by molar-refractivity contribution is 6.29. The van der Waals surface area contributed by atoms with E-state index in [0.717, 1.165) is 0 Å². The Balaban J connectivity index is 2.50. The lowest BCUT2D eigenvalue weighted by molar-refractivity contribution is 0.100. The van der Waals surface area contributed by atoms with E-state index in [1.807, 2.05) is 20.8 Å². The minimum atomic E-state index is -0.539. The van der Waals surface area contributed by atoms with Crippen LogP contribution in [-0.4, -0.2) is 25.7 Å². The number of hydrogen-bond donors (Lipinski definition) is 1. The van der Waals surface area contributed by atoms with Gasteiger partial charge in [-0.05, 0) is 0 Å². The van der Waals surface area contributed by atoms with E-state index in [4.69, 9.17) is 17.3 Å². The van der Waals surface area contributed by atoms with Crippen LogP contribution in [-0.2, 0) is 5.41 Å². The molecule has 2 heterocycles. The van der Waals surface area contributed by atoms with Gasteiger partial charge in [-0.25, -0.2) is 14.6 Å². The molecule has 6 nitrogen and oxygen atoms in total. The molecule has 0 atom stereocenters. The van der Waals surface area contributed by atoms with Gasteiger partial charge in [0.15, 0.2) is 5.82 Å². The summed E-state index contributed by atoms with van der Waals surface area (Å²) in [5.74, 6) is 0.561. The first kappa shape index (κ1) is 13.5. The van der Waals surface area contributed by atoms with Crippen LogP contribution < -0.4 is 5.73 Å². The highest BCUT2D eigenvalue weighted by Gasteiger charge is 2.19. The molecule has 2 aromatic rings. The van der Waals surface area contributed by atoms with Crippen LogP contribution in [0.15, 0.2) is 18.5 Å². The number of aromatic nitrogens is 4. The van der Waals surface area contributed by atoms with Gasteiger partial charge in [-0.2, -0.15) is 5.10 Å². The predicted octanol–water partition coefficient (Wildman–Crippen LogP) is 1.71. The van der Waals surface area contributed by atoms with Crippen LogP contribution in [0.2, 0.25) is 5.15 Å². The first-order chi connectivity index (χ1) is 8.77. The monoisotopic (exact) mass is 279 g/mol. The average molecular weight is 280 g/mol. The van der Waals surface area contributed by atoms with Gasteiger partial charge in [-0.1, -0.05) is 32.4 Å². The molecule has 7 heteroatoms. The number of nitrogens with two attached hydrogens (primary N) is 1. The lowest BCUT2D eigenvalue weighted by Gasteiger charge is -2.17. The number of primary amides is 1. The van der Waals surface area contributed by atoms with Crippen molar-refractivity contribution >= 4 is 17.5 Å². The standard InChI is InChI=1S/C12H14ClN5O/c1-12(2,3)11-16-8(13)4-9(17-11)18-6-7(5-15-18)10(14)19/h4-6H,1-3H3,(H2,14,19). The topological polar surface area (TPSA) is 86.7 Å². The number of amides is 1. The van der Waals surface area contributed by atoms with Crippen LogP contribution >= 0.6 is 11.6 Å². The van der Waals surface area contributed by atoms with Gasteiger partial charge in [0, 0.05) is 17.7 Å². The molecule has 0 unspecified atom stereocenters. The fourth-order valence-corrected chi connectivity index (χ4v) is 1.61. The van der Waals surface area contributed by atoms with E-state index in [1.54, 1.807) is 6.07 Å². The lowest BCUT2D eigenvalue weighted by Crippen LogP contribution is -2.17. The number of carbonyl (C=O) groups is 1. The first-order valence-electron chi connectivity index (χ1n) is 5.67. The van der Waals surface area contributed by atoms with Crippen molar-refractivity contribution in [3.8, 4) is 5.82 Å². The van der Waals surface area contributed by atoms with E-state index >= 15 is 0 Å². The molecule has 2 rings (SSSR count). The zero-order valence-corrected chi connectivity index (χ0v) is 11.6. The summed E-state index contributed by atoms with van der Waals surface area (Å²) in [6, 6.07) is 1.58. The maximum Gasteiger partial charge on any atom is 0.251 e. The molecule has 0 saturated heterocycles. The van der Waals surface area contributed by atoms with Gasteiger partial charge >= 0.3 is 0 Å². The highest BCUT2D eigenvalue weighted by Crippen LogP contribution is 2.21. The van der Waals surface area contributed by atoms with Crippen molar-refractivity contribution in [1.82, 2.24) is 19.7 Å². The van der Waals surface area contributed by atoms with E-state index in [2.05, 4.69) is 15.1 Å². The molecule has 2 N–H and O–H groups in total. The van der Waals surface area contributed by atoms with Crippen molar-refractivity contribution in [1.29, 1.82) is 0 Å². The molecule has 1 amide bonds. The highest BCUT2D eigenvalue weighted by atomic mass is 35.5. The molecule has 0 radical (unpaired) electrons. The summed E-state index contributed by atoms with van der Waals surface area (Å²) in [4.78, 5) is 19.6. The maximum atomic E-state index is 11.0. The summed E-state index contributed by atoms with van der Waals surface area (Å²) in [5.41, 5.74) is 5.26. The third-order valence-electron chi connectivity index (χ3n) is 2.45. The Morgan fingerprint density at radius 2 is 2.05 bits per heavy atom. The molecule has 19 heavy (non-hydrogen) atoms. The largest absolute Gasteiger partial charge is 0.366 e. The van der Waals surface area contributed by atoms with Gasteiger partial charge < -0.3 is 5.73 Å². The maximum absolute atomic E-state index is 11.0. The molecule has 0 fully saturated rings. The Bertz CT molecular complexity index is 629. The molecule has 0 spiro atoms. The third kappa shape index (κ3) is 2.90. The normalized spacial score (nSPS) is 11.6. The number of rotatable bonds is 2. The van der Waals surface area contributed by atoms with Gasteiger partial charge in [0.05, 0.1) is 11.8 Å². The summed E-state index contributed by atoms with van der Waals surface area (Å²) < 4.78 is 1.45. The molecule has 0 aromatic carbocycles. The molecular formula is C12H14ClN5O. The SMILES string of the molecule is CC(C)(C)c1nc(Cl)cc(-n2cc(C(N)=O)cn2)n1. The smallest absolute Gasteiger partial charge is 0.251 e. The van der Waals surface area contributed by atoms with Crippen molar-refractivity contribution < 1.29 is 4.79 Å². The predicted molar refractivity (Wildman–Crippen MR) is 71.4 cm³/mol. The zero-order chi connectivity index (χ0) is 14.2. The quantitative estimate of drug-likeness (QED) is 0.848. The van der Waals surface area contributed by atoms with Crippen LogP contribution in [0.3, 0.4) is 0 Å². The molecule has 0 aliphatic rings. The van der Waals surface area contributed by atoms with Gasteiger partial charge in [0.1, 0.15) is 11.0 Å². The summed E-state index contributed by atoms with van der Waals surface area (Å²) >= 11 is 5.99. The zero-order valence-electron chi connectivity index (χ0n) is 10.9. The fourth-order valence-electron chi connectivity index (χ4n) is 1.43. The van der Waals surface area contributed by atoms with Crippen molar-refractivity contribution in [3.63, 3.8) is 0 Å². The number of nitrogens with zero attached hydrogens (tertiary/aromatic N) is 4. The van der Waals surface area contributed by atoms with Crippen LogP contribution in [0, 0.1) is 0 Å². The van der Waals surface area contributed by atoms with Gasteiger partial charge in [0.2, 0.25) is 0 Å². The van der Waals surface area contributed by atoms with Crippen LogP contribution in [0.4, 0.5) is 0 Å². The van der Waals surface area contributed by atoms with Crippen molar-refractivity contribution in [3.05, 3.63) is 35.0 Å². The first-order valence-corrected chi connectivity index (χ1v) is 6.05. The Labute approximate surface area is 115 Å². The van der Waals surface area contributed by atoms with Crippen LogP contribution in [0.25, 0.3) is 5.82 Å². The van der Waals surface area contributed by atoms with Crippen LogP contribution in [0.1, 0.15) is 37.0 Å². The second kappa shape index (κ2) is 4.62. The Kier molecular flexibility index (Phi) is 3.28. The summed E-state index contributed by atoms with van der Waals surface area (Å²) in [6.45, 7) is 5.96. The Morgan fingerprint density at radius 1 is 1.37 bits per heavy atom. The Morgan fingerprint density at radius 3 is 2.58 bits per heavy atom. The van der Waals surface area contributed by atoms with E-state index in [-0.39, 0.29) is 5.41 Å². The number of halogens is 1. The molecule has 0 saturated carbocycles. The third-order valence-corrected chi connectivity index (χ3v) is 2.65. The molecule has 100 valence electrons. The second-order valence-electron chi connectivity index (χ2n) is 5.16. The Hall–Kier alpha value is -1.95. The minimum Gasteiger partial charge on any atom is -0.366 e. The van der Waals surface area contributed by atoms with Gasteiger partial charge in [-0.15, -0.1) is 0 Å². The molecular weight excluding hydrogens is 266 g/mol. The average Bonchev–Trinajstić information content (AvgIpc) is 2.76. The number of hydrogen-bond acceptors (Lipinski definition) is 4. The summed E-state index contributed by atoms with van der Waals surface area (Å²) in [6.07, 6.45) is 2.89. The van der Waals surface area contributed by atoms with E-state index in [9.17, 15) is 4.79 Å². The van der Waals surface area contributed by atoms with Gasteiger partial charge in [-0.3, -0.25) is 4.79 Å². The summed E-state index contributed by atoms with van der Waals surface area (Å²) in [7, 11) is 0. The summed E-state index contributed by atoms with van der Waals surface area (Å²) in [5, 5.41) is 4.36. The second-order valence-corrected chi connectivity index (χ2v) is 5.55. The molecule has 2 aromatic heterocycles. The van der Waals surface area contributed by atoms with Crippen molar-refractivity contribution in [2.75, 3.05) is 0 Å². The van der Waals surface area contributed by atoms with E-state index in [1.165, 1.54) is 17.1 Å². The number of carbonyl (C=O) groups excluding carboxylic acids is 1. The van der Waals surface area contributed by atoms with Crippen LogP contribution in [0.5, 0.6) is 0 Å². The van der Waals surface area contributed by atoms with E-state index < -0.39 is 5.91 Å². The molecule has 0 bridgehead atoms. The lowest BCUT2D eigenvalue weighted by atomic mass is 9.96.